The summed E-state index contributed by atoms with van der Waals surface area (Å²) < 4.78 is 0. The van der Waals surface area contributed by atoms with Gasteiger partial charge in [0.2, 0.25) is 0 Å². The summed E-state index contributed by atoms with van der Waals surface area (Å²) in [5.41, 5.74) is 6.03. The third-order valence-corrected chi connectivity index (χ3v) is 5.60. The molecule has 3 atom stereocenters. The zero-order chi connectivity index (χ0) is 16.8. The van der Waals surface area contributed by atoms with Crippen LogP contribution in [0.2, 0.25) is 0 Å². The smallest absolute Gasteiger partial charge is 0.354 e. The first-order valence-corrected chi connectivity index (χ1v) is 8.62. The normalized spacial score (nSPS) is 24.8. The van der Waals surface area contributed by atoms with Crippen molar-refractivity contribution in [1.82, 2.24) is 4.98 Å². The molecule has 124 valence electrons. The summed E-state index contributed by atoms with van der Waals surface area (Å²) in [6, 6.07) is 10.4. The monoisotopic (exact) mass is 322 g/mol. The SMILES string of the molecule is Cc1ccc2c(c1)[C@@H]1CCC[C@@H]1[C@H](c1ccc(C(=O)O)nc1C)N2. The predicted octanol–water partition coefficient (Wildman–Crippen LogP) is 4.45. The topological polar surface area (TPSA) is 62.2 Å². The number of aryl methyl sites for hydroxylation is 2. The Morgan fingerprint density at radius 2 is 2.00 bits per heavy atom. The van der Waals surface area contributed by atoms with Gasteiger partial charge in [-0.3, -0.25) is 0 Å². The van der Waals surface area contributed by atoms with Gasteiger partial charge in [-0.05, 0) is 61.8 Å². The molecule has 4 nitrogen and oxygen atoms in total. The molecule has 2 aliphatic rings. The molecule has 1 aromatic carbocycles. The molecule has 0 unspecified atom stereocenters. The second-order valence-electron chi connectivity index (χ2n) is 7.09. The number of carbonyl (C=O) groups is 1. The number of fused-ring (bicyclic) bond motifs is 3. The maximum atomic E-state index is 11.1. The lowest BCUT2D eigenvalue weighted by Gasteiger charge is -2.38. The van der Waals surface area contributed by atoms with Gasteiger partial charge in [-0.1, -0.05) is 30.2 Å². The van der Waals surface area contributed by atoms with E-state index in [9.17, 15) is 4.79 Å². The number of anilines is 1. The van der Waals surface area contributed by atoms with Gasteiger partial charge in [0.05, 0.1) is 6.04 Å². The van der Waals surface area contributed by atoms with Gasteiger partial charge in [-0.15, -0.1) is 0 Å². The quantitative estimate of drug-likeness (QED) is 0.857. The van der Waals surface area contributed by atoms with E-state index in [0.717, 1.165) is 11.3 Å². The molecule has 1 saturated carbocycles. The second-order valence-corrected chi connectivity index (χ2v) is 7.09. The maximum Gasteiger partial charge on any atom is 0.354 e. The number of benzene rings is 1. The molecule has 0 saturated heterocycles. The lowest BCUT2D eigenvalue weighted by Crippen LogP contribution is -2.29. The minimum atomic E-state index is -0.971. The largest absolute Gasteiger partial charge is 0.477 e. The standard InChI is InChI=1S/C20H22N2O2/c1-11-6-8-17-16(10-11)14-4-3-5-15(14)19(22-17)13-7-9-18(20(23)24)21-12(13)2/h6-10,14-15,19,22H,3-5H2,1-2H3,(H,23,24)/t14-,15+,19+/m1/s1. The third-order valence-electron chi connectivity index (χ3n) is 5.60. The summed E-state index contributed by atoms with van der Waals surface area (Å²) in [5.74, 6) is 0.168. The maximum absolute atomic E-state index is 11.1. The molecule has 1 fully saturated rings. The van der Waals surface area contributed by atoms with Gasteiger partial charge in [0.15, 0.2) is 0 Å². The van der Waals surface area contributed by atoms with E-state index in [2.05, 4.69) is 35.4 Å². The van der Waals surface area contributed by atoms with Crippen molar-refractivity contribution >= 4 is 11.7 Å². The Labute approximate surface area is 141 Å². The van der Waals surface area contributed by atoms with E-state index in [1.165, 1.54) is 36.1 Å². The van der Waals surface area contributed by atoms with Gasteiger partial charge in [0.1, 0.15) is 5.69 Å². The number of nitrogens with zero attached hydrogens (tertiary/aromatic N) is 1. The molecule has 0 bridgehead atoms. The molecule has 4 rings (SSSR count). The summed E-state index contributed by atoms with van der Waals surface area (Å²) >= 11 is 0. The van der Waals surface area contributed by atoms with Gasteiger partial charge in [0.25, 0.3) is 0 Å². The Balaban J connectivity index is 1.77. The first kappa shape index (κ1) is 15.2. The number of nitrogens with one attached hydrogen (secondary N) is 1. The third kappa shape index (κ3) is 2.37. The number of aromatic nitrogens is 1. The van der Waals surface area contributed by atoms with Crippen LogP contribution in [0.4, 0.5) is 5.69 Å². The van der Waals surface area contributed by atoms with Crippen LogP contribution in [0.5, 0.6) is 0 Å². The fourth-order valence-electron chi connectivity index (χ4n) is 4.50. The van der Waals surface area contributed by atoms with E-state index in [1.54, 1.807) is 6.07 Å². The molecule has 4 heteroatoms. The van der Waals surface area contributed by atoms with E-state index >= 15 is 0 Å². The molecule has 2 N–H and O–H groups in total. The fourth-order valence-corrected chi connectivity index (χ4v) is 4.50. The highest BCUT2D eigenvalue weighted by Crippen LogP contribution is 2.53. The Hall–Kier alpha value is -2.36. The average Bonchev–Trinajstić information content (AvgIpc) is 3.04. The molecule has 24 heavy (non-hydrogen) atoms. The van der Waals surface area contributed by atoms with Crippen molar-refractivity contribution in [2.24, 2.45) is 5.92 Å². The highest BCUT2D eigenvalue weighted by atomic mass is 16.4. The second kappa shape index (κ2) is 5.62. The van der Waals surface area contributed by atoms with Crippen LogP contribution in [-0.4, -0.2) is 16.1 Å². The van der Waals surface area contributed by atoms with Crippen LogP contribution in [0.3, 0.4) is 0 Å². The highest BCUT2D eigenvalue weighted by Gasteiger charge is 2.40. The van der Waals surface area contributed by atoms with E-state index in [1.807, 2.05) is 13.0 Å². The minimum absolute atomic E-state index is 0.117. The van der Waals surface area contributed by atoms with Gasteiger partial charge >= 0.3 is 5.97 Å². The van der Waals surface area contributed by atoms with Crippen molar-refractivity contribution in [3.63, 3.8) is 0 Å². The number of hydrogen-bond donors (Lipinski definition) is 2. The van der Waals surface area contributed by atoms with Crippen LogP contribution in [0.15, 0.2) is 30.3 Å². The van der Waals surface area contributed by atoms with Crippen molar-refractivity contribution in [2.75, 3.05) is 5.32 Å². The van der Waals surface area contributed by atoms with E-state index < -0.39 is 5.97 Å². The molecule has 2 aromatic rings. The number of hydrogen-bond acceptors (Lipinski definition) is 3. The number of pyridine rings is 1. The lowest BCUT2D eigenvalue weighted by atomic mass is 9.76. The predicted molar refractivity (Wildman–Crippen MR) is 93.6 cm³/mol. The summed E-state index contributed by atoms with van der Waals surface area (Å²) in [6.45, 7) is 4.06. The molecule has 2 heterocycles. The van der Waals surface area contributed by atoms with E-state index in [0.29, 0.717) is 11.8 Å². The van der Waals surface area contributed by atoms with Gasteiger partial charge in [0, 0.05) is 11.4 Å². The zero-order valence-corrected chi connectivity index (χ0v) is 14.0. The molecule has 0 amide bonds. The highest BCUT2D eigenvalue weighted by molar-refractivity contribution is 5.85. The Kier molecular flexibility index (Phi) is 3.56. The molecule has 1 aliphatic heterocycles. The van der Waals surface area contributed by atoms with Crippen LogP contribution in [0.1, 0.15) is 64.1 Å². The van der Waals surface area contributed by atoms with Crippen molar-refractivity contribution < 1.29 is 9.90 Å². The van der Waals surface area contributed by atoms with Crippen molar-refractivity contribution in [1.29, 1.82) is 0 Å². The van der Waals surface area contributed by atoms with Crippen LogP contribution >= 0.6 is 0 Å². The summed E-state index contributed by atoms with van der Waals surface area (Å²) in [5, 5.41) is 12.9. The molecule has 0 spiro atoms. The van der Waals surface area contributed by atoms with Crippen molar-refractivity contribution in [3.05, 3.63) is 58.4 Å². The van der Waals surface area contributed by atoms with E-state index in [4.69, 9.17) is 5.11 Å². The number of carboxylic acids is 1. The van der Waals surface area contributed by atoms with Gasteiger partial charge in [-0.2, -0.15) is 0 Å². The molecular formula is C20H22N2O2. The number of rotatable bonds is 2. The molecule has 1 aliphatic carbocycles. The molecule has 1 aromatic heterocycles. The number of carboxylic acid groups (broad SMARTS) is 1. The molecular weight excluding hydrogens is 300 g/mol. The summed E-state index contributed by atoms with van der Waals surface area (Å²) in [6.07, 6.45) is 3.69. The first-order valence-electron chi connectivity index (χ1n) is 8.62. The zero-order valence-electron chi connectivity index (χ0n) is 14.0. The molecule has 0 radical (unpaired) electrons. The van der Waals surface area contributed by atoms with Crippen LogP contribution < -0.4 is 5.32 Å². The lowest BCUT2D eigenvalue weighted by molar-refractivity contribution is 0.0690. The van der Waals surface area contributed by atoms with Gasteiger partial charge < -0.3 is 10.4 Å². The number of aromatic carboxylic acids is 1. The minimum Gasteiger partial charge on any atom is -0.477 e. The Morgan fingerprint density at radius 3 is 2.75 bits per heavy atom. The van der Waals surface area contributed by atoms with E-state index in [-0.39, 0.29) is 11.7 Å². The summed E-state index contributed by atoms with van der Waals surface area (Å²) in [4.78, 5) is 15.4. The van der Waals surface area contributed by atoms with Crippen molar-refractivity contribution in [3.8, 4) is 0 Å². The first-order chi connectivity index (χ1) is 11.5. The Bertz CT molecular complexity index is 815. The fraction of sp³-hybridized carbons (Fsp3) is 0.400. The average molecular weight is 322 g/mol. The van der Waals surface area contributed by atoms with Crippen molar-refractivity contribution in [2.45, 2.75) is 45.1 Å². The Morgan fingerprint density at radius 1 is 1.17 bits per heavy atom. The van der Waals surface area contributed by atoms with Crippen LogP contribution in [0.25, 0.3) is 0 Å². The van der Waals surface area contributed by atoms with Crippen LogP contribution in [0, 0.1) is 19.8 Å². The van der Waals surface area contributed by atoms with Crippen LogP contribution in [-0.2, 0) is 0 Å². The summed E-state index contributed by atoms with van der Waals surface area (Å²) in [7, 11) is 0. The van der Waals surface area contributed by atoms with Gasteiger partial charge in [-0.25, -0.2) is 9.78 Å².